The van der Waals surface area contributed by atoms with Crippen molar-refractivity contribution in [2.75, 3.05) is 14.2 Å². The van der Waals surface area contributed by atoms with Crippen molar-refractivity contribution in [2.45, 2.75) is 19.4 Å². The molecule has 0 radical (unpaired) electrons. The summed E-state index contributed by atoms with van der Waals surface area (Å²) in [5.41, 5.74) is 2.07. The van der Waals surface area contributed by atoms with Gasteiger partial charge in [-0.3, -0.25) is 4.57 Å². The highest BCUT2D eigenvalue weighted by molar-refractivity contribution is 7.53. The Labute approximate surface area is 235 Å². The molecule has 0 atom stereocenters. The standard InChI is InChI=1S/C27H23Cl4O5P/c1-33-26-22(28)10-17(11-23(26)29)14-35-37(32,16-20-8-5-7-19-6-3-4-9-21(19)20)36-15-18-12-24(30)27(34-2)25(31)13-18/h3-13H,14-16H2,1-2H3. The fourth-order valence-electron chi connectivity index (χ4n) is 3.89. The molecule has 0 heterocycles. The number of ether oxygens (including phenoxy) is 2. The van der Waals surface area contributed by atoms with E-state index < -0.39 is 7.60 Å². The molecule has 4 aromatic carbocycles. The number of fused-ring (bicyclic) bond motifs is 1. The molecule has 194 valence electrons. The van der Waals surface area contributed by atoms with Gasteiger partial charge in [-0.15, -0.1) is 0 Å². The molecule has 4 rings (SSSR count). The molecule has 0 unspecified atom stereocenters. The van der Waals surface area contributed by atoms with E-state index in [1.807, 2.05) is 42.5 Å². The van der Waals surface area contributed by atoms with Gasteiger partial charge >= 0.3 is 7.60 Å². The fourth-order valence-corrected chi connectivity index (χ4v) is 6.91. The Bertz CT molecular complexity index is 1360. The summed E-state index contributed by atoms with van der Waals surface area (Å²) >= 11 is 25.1. The maximum absolute atomic E-state index is 14.1. The molecular formula is C27H23Cl4O5P. The molecule has 0 saturated carbocycles. The van der Waals surface area contributed by atoms with E-state index in [2.05, 4.69) is 0 Å². The van der Waals surface area contributed by atoms with Crippen LogP contribution in [0, 0.1) is 0 Å². The number of benzene rings is 4. The molecule has 0 fully saturated rings. The summed E-state index contributed by atoms with van der Waals surface area (Å²) in [4.78, 5) is 0. The molecule has 0 aliphatic heterocycles. The number of rotatable bonds is 10. The average Bonchev–Trinajstić information content (AvgIpc) is 2.86. The predicted octanol–water partition coefficient (Wildman–Crippen LogP) is 9.60. The van der Waals surface area contributed by atoms with Crippen molar-refractivity contribution in [3.8, 4) is 11.5 Å². The van der Waals surface area contributed by atoms with Gasteiger partial charge in [0.2, 0.25) is 0 Å². The second-order valence-electron chi connectivity index (χ2n) is 8.14. The lowest BCUT2D eigenvalue weighted by Gasteiger charge is -2.20. The molecule has 0 aliphatic rings. The Hall–Kier alpha value is -1.95. The molecule has 0 bridgehead atoms. The second-order valence-corrected chi connectivity index (χ2v) is 11.8. The van der Waals surface area contributed by atoms with Crippen LogP contribution in [0.25, 0.3) is 10.8 Å². The van der Waals surface area contributed by atoms with E-state index in [-0.39, 0.29) is 19.4 Å². The van der Waals surface area contributed by atoms with Crippen molar-refractivity contribution < 1.29 is 23.1 Å². The zero-order valence-corrected chi connectivity index (χ0v) is 23.9. The topological polar surface area (TPSA) is 54.0 Å². The van der Waals surface area contributed by atoms with Crippen molar-refractivity contribution in [1.82, 2.24) is 0 Å². The maximum Gasteiger partial charge on any atom is 0.335 e. The van der Waals surface area contributed by atoms with Gasteiger partial charge in [-0.1, -0.05) is 88.9 Å². The van der Waals surface area contributed by atoms with Crippen LogP contribution in [0.1, 0.15) is 16.7 Å². The van der Waals surface area contributed by atoms with Gasteiger partial charge in [0.1, 0.15) is 0 Å². The Morgan fingerprint density at radius 3 is 1.62 bits per heavy atom. The normalized spacial score (nSPS) is 11.6. The lowest BCUT2D eigenvalue weighted by Crippen LogP contribution is -2.02. The van der Waals surface area contributed by atoms with Crippen LogP contribution in [-0.4, -0.2) is 14.2 Å². The summed E-state index contributed by atoms with van der Waals surface area (Å²) in [5.74, 6) is 0.714. The molecule has 0 amide bonds. The van der Waals surface area contributed by atoms with Crippen LogP contribution in [0.5, 0.6) is 11.5 Å². The van der Waals surface area contributed by atoms with Crippen molar-refractivity contribution in [2.24, 2.45) is 0 Å². The first kappa shape index (κ1) is 28.1. The van der Waals surface area contributed by atoms with Gasteiger partial charge in [-0.05, 0) is 51.7 Å². The Balaban J connectivity index is 1.63. The molecule has 0 aromatic heterocycles. The number of hydrogen-bond acceptors (Lipinski definition) is 5. The van der Waals surface area contributed by atoms with E-state index in [0.29, 0.717) is 42.7 Å². The lowest BCUT2D eigenvalue weighted by molar-refractivity contribution is 0.190. The zero-order chi connectivity index (χ0) is 26.6. The van der Waals surface area contributed by atoms with E-state index in [4.69, 9.17) is 64.9 Å². The molecular weight excluding hydrogens is 577 g/mol. The molecule has 4 aromatic rings. The average molecular weight is 600 g/mol. The minimum Gasteiger partial charge on any atom is -0.494 e. The van der Waals surface area contributed by atoms with Gasteiger partial charge in [0.05, 0.1) is 53.7 Å². The molecule has 0 aliphatic carbocycles. The number of methoxy groups -OCH3 is 2. The van der Waals surface area contributed by atoms with E-state index in [9.17, 15) is 4.57 Å². The zero-order valence-electron chi connectivity index (χ0n) is 20.0. The van der Waals surface area contributed by atoms with Crippen molar-refractivity contribution >= 4 is 64.8 Å². The van der Waals surface area contributed by atoms with Crippen LogP contribution in [-0.2, 0) is 33.0 Å². The van der Waals surface area contributed by atoms with Crippen LogP contribution in [0.4, 0.5) is 0 Å². The van der Waals surface area contributed by atoms with E-state index in [1.165, 1.54) is 14.2 Å². The summed E-state index contributed by atoms with van der Waals surface area (Å²) < 4.78 is 36.5. The van der Waals surface area contributed by atoms with Crippen LogP contribution in [0.2, 0.25) is 20.1 Å². The minimum atomic E-state index is -3.71. The highest BCUT2D eigenvalue weighted by Crippen LogP contribution is 2.54. The predicted molar refractivity (Wildman–Crippen MR) is 151 cm³/mol. The Kier molecular flexibility index (Phi) is 9.31. The second kappa shape index (κ2) is 12.3. The van der Waals surface area contributed by atoms with Gasteiger partial charge < -0.3 is 18.5 Å². The van der Waals surface area contributed by atoms with Gasteiger partial charge in [0.25, 0.3) is 0 Å². The molecule has 10 heteroatoms. The van der Waals surface area contributed by atoms with Crippen molar-refractivity contribution in [1.29, 1.82) is 0 Å². The van der Waals surface area contributed by atoms with Crippen molar-refractivity contribution in [3.05, 3.63) is 104 Å². The first-order valence-electron chi connectivity index (χ1n) is 11.1. The van der Waals surface area contributed by atoms with Crippen molar-refractivity contribution in [3.63, 3.8) is 0 Å². The maximum atomic E-state index is 14.1. The van der Waals surface area contributed by atoms with Crippen LogP contribution >= 0.6 is 54.0 Å². The van der Waals surface area contributed by atoms with E-state index in [0.717, 1.165) is 16.3 Å². The van der Waals surface area contributed by atoms with Crippen LogP contribution in [0.3, 0.4) is 0 Å². The summed E-state index contributed by atoms with van der Waals surface area (Å²) in [6.07, 6.45) is 0.0452. The highest BCUT2D eigenvalue weighted by Gasteiger charge is 2.27. The molecule has 0 N–H and O–H groups in total. The third kappa shape index (κ3) is 6.74. The summed E-state index contributed by atoms with van der Waals surface area (Å²) in [5, 5.41) is 3.26. The Morgan fingerprint density at radius 2 is 1.14 bits per heavy atom. The summed E-state index contributed by atoms with van der Waals surface area (Å²) in [7, 11) is -0.751. The van der Waals surface area contributed by atoms with Crippen LogP contribution < -0.4 is 9.47 Å². The summed E-state index contributed by atoms with van der Waals surface area (Å²) in [6.45, 7) is -0.0921. The fraction of sp³-hybridized carbons (Fsp3) is 0.185. The van der Waals surface area contributed by atoms with Gasteiger partial charge in [0, 0.05) is 0 Å². The quantitative estimate of drug-likeness (QED) is 0.170. The third-order valence-corrected chi connectivity index (χ3v) is 8.52. The van der Waals surface area contributed by atoms with Crippen LogP contribution in [0.15, 0.2) is 66.7 Å². The molecule has 0 spiro atoms. The third-order valence-electron chi connectivity index (χ3n) is 5.62. The monoisotopic (exact) mass is 598 g/mol. The number of halogens is 4. The first-order valence-corrected chi connectivity index (χ1v) is 14.4. The molecule has 37 heavy (non-hydrogen) atoms. The smallest absolute Gasteiger partial charge is 0.335 e. The van der Waals surface area contributed by atoms with E-state index in [1.54, 1.807) is 24.3 Å². The largest absolute Gasteiger partial charge is 0.494 e. The molecule has 0 saturated heterocycles. The van der Waals surface area contributed by atoms with Gasteiger partial charge in [-0.25, -0.2) is 0 Å². The minimum absolute atomic E-state index is 0.0452. The Morgan fingerprint density at radius 1 is 0.676 bits per heavy atom. The molecule has 5 nitrogen and oxygen atoms in total. The summed E-state index contributed by atoms with van der Waals surface area (Å²) in [6, 6.07) is 20.3. The highest BCUT2D eigenvalue weighted by atomic mass is 35.5. The first-order chi connectivity index (χ1) is 17.7. The lowest BCUT2D eigenvalue weighted by atomic mass is 10.1. The number of hydrogen-bond donors (Lipinski definition) is 0. The van der Waals surface area contributed by atoms with Gasteiger partial charge in [0.15, 0.2) is 11.5 Å². The van der Waals surface area contributed by atoms with E-state index >= 15 is 0 Å². The van der Waals surface area contributed by atoms with Gasteiger partial charge in [-0.2, -0.15) is 0 Å². The SMILES string of the molecule is COc1c(Cl)cc(COP(=O)(Cc2cccc3ccccc23)OCc2cc(Cl)c(OC)c(Cl)c2)cc1Cl.